The molecule has 71 heavy (non-hydrogen) atoms. The summed E-state index contributed by atoms with van der Waals surface area (Å²) in [5, 5.41) is 1.03. The topological polar surface area (TPSA) is 40.8 Å². The van der Waals surface area contributed by atoms with Crippen molar-refractivity contribution >= 4 is 54.6 Å². The molecule has 9 aromatic carbocycles. The number of imidazole rings is 1. The molecule has 0 spiro atoms. The molecule has 0 unspecified atom stereocenters. The van der Waals surface area contributed by atoms with Crippen molar-refractivity contribution < 1.29 is 34.0 Å². The van der Waals surface area contributed by atoms with Gasteiger partial charge in [0.25, 0.3) is 6.33 Å². The molecule has 0 saturated carbocycles. The number of fused-ring (bicyclic) bond motifs is 7. The number of hydrogen-bond acceptors (Lipinski definition) is 2. The van der Waals surface area contributed by atoms with E-state index in [0.29, 0.717) is 44.3 Å². The lowest BCUT2D eigenvalue weighted by atomic mass is 9.95. The summed E-state index contributed by atoms with van der Waals surface area (Å²) >= 11 is 0. The molecule has 4 aromatic heterocycles. The van der Waals surface area contributed by atoms with Gasteiger partial charge in [0.05, 0.1) is 74.8 Å². The van der Waals surface area contributed by atoms with E-state index in [1.165, 1.54) is 22.8 Å². The number of nitrogens with zero attached hydrogens (tertiary/aromatic N) is 5. The van der Waals surface area contributed by atoms with Gasteiger partial charge in [0.1, 0.15) is 17.3 Å². The summed E-state index contributed by atoms with van der Waals surface area (Å²) < 4.78 is 175. The molecule has 0 atom stereocenters. The molecule has 0 amide bonds. The number of aromatic nitrogens is 5. The molecule has 13 rings (SSSR count). The van der Waals surface area contributed by atoms with E-state index in [0.717, 1.165) is 18.4 Å². The second-order valence-electron chi connectivity index (χ2n) is 17.0. The second-order valence-corrected chi connectivity index (χ2v) is 17.0. The molecular weight excluding hydrogens is 867 g/mol. The minimum absolute atomic E-state index is 0.0722. The molecule has 0 radical (unpaired) electrons. The predicted molar refractivity (Wildman–Crippen MR) is 291 cm³/mol. The van der Waals surface area contributed by atoms with Crippen molar-refractivity contribution in [1.29, 1.82) is 0 Å². The Morgan fingerprint density at radius 1 is 0.549 bits per heavy atom. The lowest BCUT2D eigenvalue weighted by Crippen LogP contribution is -2.31. The van der Waals surface area contributed by atoms with Crippen LogP contribution in [0.1, 0.15) is 62.8 Å². The first kappa shape index (κ1) is 27.3. The summed E-state index contributed by atoms with van der Waals surface area (Å²) in [4.78, 5) is 4.93. The van der Waals surface area contributed by atoms with Crippen LogP contribution in [-0.4, -0.2) is 18.7 Å². The number of rotatable bonds is 11. The standard InChI is InChI=1S/C65H49N5O/c1-3-44(4-2)47-37-38-66-63(39-47)70-58-34-16-13-29-55(58)64-61(69-56-32-14-11-27-53(56)54-28-12-15-33-57(54)69)41-50(42-62(64)70)71-49-26-19-25-48(40-49)67-43-68(60-36-18-17-35-59(60)67)65-51(45-21-7-5-8-22-45)30-20-31-52(65)46-23-9-6-10-24-46/h5-42,44H,3-4H2,1-2H3/i5D,6D,7D,8D,9D,10D,11D,12D,14D,15D,21D,22D,23D,24D,27D,28D,32D,33D. The molecule has 6 nitrogen and oxygen atoms in total. The van der Waals surface area contributed by atoms with E-state index in [9.17, 15) is 5.48 Å². The molecule has 0 fully saturated rings. The SMILES string of the molecule is [2H]c1c([2H])c([2H])c(-c2cccc(-c3c([2H])c([2H])c([2H])c([2H])c3[2H])c2-[n+]2[c-]n(-c3cccc(Oc4cc(-n5c6c([2H])c([2H])c([2H])c([2H])c6c6c([2H])c([2H])c([2H])c([2H])c65)c5c6ccccc6n(-c6cc(C(CC)CC)ccn6)c5c4)c3)c3ccccc32)c([2H])c1[2H]. The first-order chi connectivity index (χ1) is 42.6. The Kier molecular flexibility index (Phi) is 6.72. The number of ether oxygens (including phenoxy) is 1. The Hall–Kier alpha value is -9.00. The maximum atomic E-state index is 9.50. The average molecular weight is 934 g/mol. The van der Waals surface area contributed by atoms with E-state index in [4.69, 9.17) is 28.9 Å². The average Bonchev–Trinajstić information content (AvgIpc) is 1.56. The highest BCUT2D eigenvalue weighted by atomic mass is 16.5. The molecule has 0 aliphatic carbocycles. The van der Waals surface area contributed by atoms with Crippen molar-refractivity contribution in [1.82, 2.24) is 18.7 Å². The van der Waals surface area contributed by atoms with Crippen molar-refractivity contribution in [3.63, 3.8) is 0 Å². The fraction of sp³-hybridized carbons (Fsp3) is 0.0769. The van der Waals surface area contributed by atoms with Gasteiger partial charge in [0.2, 0.25) is 0 Å². The maximum absolute atomic E-state index is 9.50. The Labute approximate surface area is 437 Å². The smallest absolute Gasteiger partial charge is 0.269 e. The lowest BCUT2D eigenvalue weighted by molar-refractivity contribution is -0.571. The molecule has 13 aromatic rings. The molecule has 0 saturated heterocycles. The van der Waals surface area contributed by atoms with Gasteiger partial charge < -0.3 is 9.30 Å². The minimum atomic E-state index is -0.624. The predicted octanol–water partition coefficient (Wildman–Crippen LogP) is 16.3. The lowest BCUT2D eigenvalue weighted by Gasteiger charge is -2.17. The van der Waals surface area contributed by atoms with Gasteiger partial charge in [-0.1, -0.05) is 177 Å². The van der Waals surface area contributed by atoms with Crippen LogP contribution in [-0.2, 0) is 0 Å². The highest BCUT2D eigenvalue weighted by molar-refractivity contribution is 6.16. The van der Waals surface area contributed by atoms with Crippen LogP contribution < -0.4 is 9.30 Å². The third-order valence-electron chi connectivity index (χ3n) is 13.1. The molecule has 0 aliphatic rings. The fourth-order valence-corrected chi connectivity index (χ4v) is 9.96. The highest BCUT2D eigenvalue weighted by Crippen LogP contribution is 2.43. The van der Waals surface area contributed by atoms with Crippen molar-refractivity contribution in [2.45, 2.75) is 32.6 Å². The van der Waals surface area contributed by atoms with Gasteiger partial charge in [-0.15, -0.1) is 0 Å². The Morgan fingerprint density at radius 2 is 1.18 bits per heavy atom. The van der Waals surface area contributed by atoms with Gasteiger partial charge in [-0.25, -0.2) is 4.98 Å². The summed E-state index contributed by atoms with van der Waals surface area (Å²) in [5.41, 5.74) is 3.60. The van der Waals surface area contributed by atoms with Crippen molar-refractivity contribution in [3.8, 4) is 56.6 Å². The van der Waals surface area contributed by atoms with E-state index < -0.39 is 109 Å². The second kappa shape index (κ2) is 17.5. The monoisotopic (exact) mass is 934 g/mol. The highest BCUT2D eigenvalue weighted by Gasteiger charge is 2.24. The molecule has 0 aliphatic heterocycles. The Balaban J connectivity index is 1.08. The van der Waals surface area contributed by atoms with E-state index in [1.54, 1.807) is 69.9 Å². The van der Waals surface area contributed by atoms with Gasteiger partial charge in [0, 0.05) is 39.9 Å². The summed E-state index contributed by atoms with van der Waals surface area (Å²) in [6.45, 7) is 4.25. The fourth-order valence-electron chi connectivity index (χ4n) is 9.96. The number of para-hydroxylation sites is 6. The van der Waals surface area contributed by atoms with Crippen LogP contribution in [0.3, 0.4) is 0 Å². The number of benzene rings is 9. The van der Waals surface area contributed by atoms with Crippen LogP contribution in [0, 0.1) is 6.33 Å². The maximum Gasteiger partial charge on any atom is 0.269 e. The molecule has 4 heterocycles. The summed E-state index contributed by atoms with van der Waals surface area (Å²) in [7, 11) is 0. The van der Waals surface area contributed by atoms with Gasteiger partial charge in [-0.05, 0) is 95.1 Å². The zero-order valence-corrected chi connectivity index (χ0v) is 38.2. The van der Waals surface area contributed by atoms with Crippen LogP contribution >= 0.6 is 0 Å². The van der Waals surface area contributed by atoms with Crippen LogP contribution in [0.2, 0.25) is 0 Å². The summed E-state index contributed by atoms with van der Waals surface area (Å²) in [6, 6.07) is 23.7. The Morgan fingerprint density at radius 3 is 1.89 bits per heavy atom. The van der Waals surface area contributed by atoms with E-state index >= 15 is 0 Å². The molecule has 340 valence electrons. The van der Waals surface area contributed by atoms with Crippen LogP contribution in [0.25, 0.3) is 99.8 Å². The van der Waals surface area contributed by atoms with Gasteiger partial charge in [-0.2, -0.15) is 0 Å². The van der Waals surface area contributed by atoms with E-state index in [2.05, 4.69) is 20.2 Å². The largest absolute Gasteiger partial charge is 0.458 e. The molecular formula is C65H49N5O. The van der Waals surface area contributed by atoms with Crippen molar-refractivity contribution in [3.05, 3.63) is 242 Å². The zero-order valence-electron chi connectivity index (χ0n) is 56.2. The first-order valence-corrected chi connectivity index (χ1v) is 23.2. The minimum Gasteiger partial charge on any atom is -0.458 e. The normalized spacial score (nSPS) is 15.3. The van der Waals surface area contributed by atoms with E-state index in [-0.39, 0.29) is 72.9 Å². The summed E-state index contributed by atoms with van der Waals surface area (Å²) in [5.74, 6) is 1.21. The van der Waals surface area contributed by atoms with Crippen LogP contribution in [0.4, 0.5) is 0 Å². The first-order valence-electron chi connectivity index (χ1n) is 32.2. The Bertz CT molecular complexity index is 5000. The van der Waals surface area contributed by atoms with E-state index in [1.807, 2.05) is 47.0 Å². The number of pyridine rings is 1. The van der Waals surface area contributed by atoms with Gasteiger partial charge >= 0.3 is 0 Å². The molecule has 0 N–H and O–H groups in total. The van der Waals surface area contributed by atoms with Crippen molar-refractivity contribution in [2.24, 2.45) is 0 Å². The third kappa shape index (κ3) is 7.09. The zero-order chi connectivity index (χ0) is 63.1. The third-order valence-corrected chi connectivity index (χ3v) is 13.1. The quantitative estimate of drug-likeness (QED) is 0.0958. The summed E-state index contributed by atoms with van der Waals surface area (Å²) in [6.07, 6.45) is 6.91. The molecule has 6 heteroatoms. The van der Waals surface area contributed by atoms with Crippen LogP contribution in [0.5, 0.6) is 11.5 Å². The van der Waals surface area contributed by atoms with Crippen molar-refractivity contribution in [2.75, 3.05) is 0 Å². The molecule has 0 bridgehead atoms. The van der Waals surface area contributed by atoms with Crippen LogP contribution in [0.15, 0.2) is 230 Å². The van der Waals surface area contributed by atoms with Gasteiger partial charge in [0.15, 0.2) is 0 Å². The number of hydrogen-bond donors (Lipinski definition) is 0. The van der Waals surface area contributed by atoms with Gasteiger partial charge in [-0.3, -0.25) is 13.7 Å².